The van der Waals surface area contributed by atoms with Crippen LogP contribution in [0.1, 0.15) is 30.4 Å². The molecular formula is C27H25F3O2. The van der Waals surface area contributed by atoms with Crippen LogP contribution in [0, 0.1) is 17.5 Å². The molecule has 2 nitrogen and oxygen atoms in total. The van der Waals surface area contributed by atoms with Crippen LogP contribution in [0.4, 0.5) is 13.2 Å². The summed E-state index contributed by atoms with van der Waals surface area (Å²) in [5.74, 6) is -2.15. The van der Waals surface area contributed by atoms with Crippen LogP contribution >= 0.6 is 0 Å². The second-order valence-corrected chi connectivity index (χ2v) is 7.93. The fourth-order valence-corrected chi connectivity index (χ4v) is 3.99. The standard InChI is InChI=1S/C27H25F3O2/c1-3-5-19-10-13-23(27(30)26(19)29)18-8-6-17(7-9-18)20-11-12-22(24(28)14-20)21-15-31-25(4-2)32-16-21/h4,6-14,21,25H,2-3,5,15-16H2,1H3. The molecule has 0 spiro atoms. The van der Waals surface area contributed by atoms with Crippen molar-refractivity contribution in [1.82, 2.24) is 0 Å². The second kappa shape index (κ2) is 9.72. The van der Waals surface area contributed by atoms with E-state index in [0.29, 0.717) is 41.9 Å². The molecule has 0 unspecified atom stereocenters. The lowest BCUT2D eigenvalue weighted by Crippen LogP contribution is -2.29. The van der Waals surface area contributed by atoms with Crippen molar-refractivity contribution in [3.8, 4) is 22.3 Å². The number of aryl methyl sites for hydroxylation is 1. The Morgan fingerprint density at radius 1 is 0.875 bits per heavy atom. The van der Waals surface area contributed by atoms with E-state index in [9.17, 15) is 13.2 Å². The first-order valence-corrected chi connectivity index (χ1v) is 10.7. The Bertz CT molecular complexity index is 1100. The van der Waals surface area contributed by atoms with E-state index >= 15 is 0 Å². The number of hydrogen-bond donors (Lipinski definition) is 0. The first-order chi connectivity index (χ1) is 15.5. The molecule has 1 aliphatic rings. The van der Waals surface area contributed by atoms with Crippen LogP contribution in [0.15, 0.2) is 67.3 Å². The molecule has 1 heterocycles. The maximum atomic E-state index is 14.8. The van der Waals surface area contributed by atoms with Crippen molar-refractivity contribution in [3.63, 3.8) is 0 Å². The third-order valence-electron chi connectivity index (χ3n) is 5.77. The summed E-state index contributed by atoms with van der Waals surface area (Å²) in [6.45, 7) is 6.28. The van der Waals surface area contributed by atoms with E-state index in [4.69, 9.17) is 9.47 Å². The van der Waals surface area contributed by atoms with Gasteiger partial charge in [0.05, 0.1) is 13.2 Å². The van der Waals surface area contributed by atoms with Crippen molar-refractivity contribution < 1.29 is 22.6 Å². The van der Waals surface area contributed by atoms with E-state index in [1.165, 1.54) is 6.07 Å². The normalized spacial score (nSPS) is 18.5. The summed E-state index contributed by atoms with van der Waals surface area (Å²) in [5, 5.41) is 0. The third kappa shape index (κ3) is 4.50. The van der Waals surface area contributed by atoms with Gasteiger partial charge in [-0.3, -0.25) is 0 Å². The molecule has 4 rings (SSSR count). The molecule has 3 aromatic carbocycles. The van der Waals surface area contributed by atoms with Gasteiger partial charge in [0.1, 0.15) is 5.82 Å². The minimum absolute atomic E-state index is 0.184. The fourth-order valence-electron chi connectivity index (χ4n) is 3.99. The SMILES string of the molecule is C=CC1OCC(c2ccc(-c3ccc(-c4ccc(CCC)c(F)c4F)cc3)cc2F)CO1. The van der Waals surface area contributed by atoms with E-state index in [1.54, 1.807) is 48.5 Å². The van der Waals surface area contributed by atoms with Crippen molar-refractivity contribution in [3.05, 3.63) is 95.8 Å². The Morgan fingerprint density at radius 2 is 1.53 bits per heavy atom. The fraction of sp³-hybridized carbons (Fsp3) is 0.259. The highest BCUT2D eigenvalue weighted by Gasteiger charge is 2.24. The van der Waals surface area contributed by atoms with E-state index in [-0.39, 0.29) is 17.3 Å². The third-order valence-corrected chi connectivity index (χ3v) is 5.77. The molecular weight excluding hydrogens is 413 g/mol. The van der Waals surface area contributed by atoms with Crippen LogP contribution in [0.25, 0.3) is 22.3 Å². The summed E-state index contributed by atoms with van der Waals surface area (Å²) in [6, 6.07) is 15.3. The molecule has 0 aromatic heterocycles. The minimum atomic E-state index is -0.838. The summed E-state index contributed by atoms with van der Waals surface area (Å²) in [7, 11) is 0. The van der Waals surface area contributed by atoms with Gasteiger partial charge in [-0.25, -0.2) is 13.2 Å². The number of hydrogen-bond acceptors (Lipinski definition) is 2. The molecule has 1 saturated heterocycles. The highest BCUT2D eigenvalue weighted by atomic mass is 19.2. The lowest BCUT2D eigenvalue weighted by molar-refractivity contribution is -0.159. The first-order valence-electron chi connectivity index (χ1n) is 10.7. The van der Waals surface area contributed by atoms with Gasteiger partial charge in [-0.05, 0) is 46.4 Å². The summed E-state index contributed by atoms with van der Waals surface area (Å²) in [4.78, 5) is 0. The molecule has 0 amide bonds. The molecule has 5 heteroatoms. The van der Waals surface area contributed by atoms with Gasteiger partial charge >= 0.3 is 0 Å². The molecule has 0 atom stereocenters. The molecule has 1 aliphatic heterocycles. The minimum Gasteiger partial charge on any atom is -0.348 e. The average molecular weight is 438 g/mol. The smallest absolute Gasteiger partial charge is 0.176 e. The summed E-state index contributed by atoms with van der Waals surface area (Å²) in [5.41, 5.74) is 3.19. The van der Waals surface area contributed by atoms with Gasteiger partial charge in [0.25, 0.3) is 0 Å². The zero-order chi connectivity index (χ0) is 22.7. The van der Waals surface area contributed by atoms with Crippen molar-refractivity contribution in [2.75, 3.05) is 13.2 Å². The Labute approximate surface area is 186 Å². The van der Waals surface area contributed by atoms with Crippen molar-refractivity contribution in [1.29, 1.82) is 0 Å². The van der Waals surface area contributed by atoms with Gasteiger partial charge in [-0.15, -0.1) is 0 Å². The van der Waals surface area contributed by atoms with Gasteiger partial charge in [0.2, 0.25) is 0 Å². The Hall–Kier alpha value is -2.89. The Balaban J connectivity index is 1.54. The number of ether oxygens (including phenoxy) is 2. The summed E-state index contributed by atoms with van der Waals surface area (Å²) >= 11 is 0. The van der Waals surface area contributed by atoms with Crippen molar-refractivity contribution in [2.24, 2.45) is 0 Å². The lowest BCUT2D eigenvalue weighted by atomic mass is 9.94. The van der Waals surface area contributed by atoms with Crippen molar-refractivity contribution in [2.45, 2.75) is 32.0 Å². The van der Waals surface area contributed by atoms with E-state index < -0.39 is 17.9 Å². The van der Waals surface area contributed by atoms with E-state index in [0.717, 1.165) is 12.0 Å². The number of halogens is 3. The molecule has 32 heavy (non-hydrogen) atoms. The molecule has 0 bridgehead atoms. The van der Waals surface area contributed by atoms with Crippen LogP contribution in [0.2, 0.25) is 0 Å². The topological polar surface area (TPSA) is 18.5 Å². The van der Waals surface area contributed by atoms with Gasteiger partial charge < -0.3 is 9.47 Å². The predicted molar refractivity (Wildman–Crippen MR) is 120 cm³/mol. The Kier molecular flexibility index (Phi) is 6.77. The zero-order valence-corrected chi connectivity index (χ0v) is 17.9. The highest BCUT2D eigenvalue weighted by molar-refractivity contribution is 5.71. The molecule has 0 N–H and O–H groups in total. The largest absolute Gasteiger partial charge is 0.348 e. The van der Waals surface area contributed by atoms with E-state index in [1.807, 2.05) is 13.0 Å². The first kappa shape index (κ1) is 22.3. The summed E-state index contributed by atoms with van der Waals surface area (Å²) in [6.07, 6.45) is 2.36. The van der Waals surface area contributed by atoms with Crippen LogP contribution in [-0.4, -0.2) is 19.5 Å². The molecule has 1 fully saturated rings. The predicted octanol–water partition coefficient (Wildman–Crippen LogP) is 7.03. The van der Waals surface area contributed by atoms with Crippen LogP contribution in [0.5, 0.6) is 0 Å². The van der Waals surface area contributed by atoms with Gasteiger partial charge in [0.15, 0.2) is 17.9 Å². The van der Waals surface area contributed by atoms with E-state index in [2.05, 4.69) is 6.58 Å². The van der Waals surface area contributed by atoms with Gasteiger partial charge in [-0.2, -0.15) is 0 Å². The lowest BCUT2D eigenvalue weighted by Gasteiger charge is -2.28. The molecule has 0 saturated carbocycles. The zero-order valence-electron chi connectivity index (χ0n) is 17.9. The Morgan fingerprint density at radius 3 is 2.16 bits per heavy atom. The van der Waals surface area contributed by atoms with Crippen LogP contribution in [-0.2, 0) is 15.9 Å². The van der Waals surface area contributed by atoms with Crippen LogP contribution in [0.3, 0.4) is 0 Å². The van der Waals surface area contributed by atoms with Gasteiger partial charge in [-0.1, -0.05) is 68.5 Å². The molecule has 0 aliphatic carbocycles. The molecule has 166 valence electrons. The highest BCUT2D eigenvalue weighted by Crippen LogP contribution is 2.31. The monoisotopic (exact) mass is 438 g/mol. The molecule has 0 radical (unpaired) electrons. The molecule has 3 aromatic rings. The quantitative estimate of drug-likeness (QED) is 0.385. The maximum Gasteiger partial charge on any atom is 0.176 e. The maximum absolute atomic E-state index is 14.8. The number of rotatable bonds is 6. The second-order valence-electron chi connectivity index (χ2n) is 7.93. The number of benzene rings is 3. The summed E-state index contributed by atoms with van der Waals surface area (Å²) < 4.78 is 54.7. The average Bonchev–Trinajstić information content (AvgIpc) is 2.82. The van der Waals surface area contributed by atoms with Crippen LogP contribution < -0.4 is 0 Å². The van der Waals surface area contributed by atoms with Crippen molar-refractivity contribution >= 4 is 0 Å². The van der Waals surface area contributed by atoms with Gasteiger partial charge in [0, 0.05) is 11.5 Å².